The normalized spacial score (nSPS) is 15.4. The van der Waals surface area contributed by atoms with Crippen LogP contribution in [-0.2, 0) is 10.0 Å². The third kappa shape index (κ3) is 2.73. The van der Waals surface area contributed by atoms with Gasteiger partial charge in [-0.15, -0.1) is 0 Å². The van der Waals surface area contributed by atoms with Crippen LogP contribution in [0.3, 0.4) is 0 Å². The SMILES string of the molecule is Cc1ccc(-n2nc(C)c(S(=O)(=O)NC3CC3)c2C)cc1. The molecule has 0 saturated heterocycles. The van der Waals surface area contributed by atoms with Gasteiger partial charge in [-0.2, -0.15) is 5.10 Å². The number of benzene rings is 1. The number of rotatable bonds is 4. The Hall–Kier alpha value is -1.66. The first-order chi connectivity index (χ1) is 9.88. The fraction of sp³-hybridized carbons (Fsp3) is 0.400. The zero-order valence-electron chi connectivity index (χ0n) is 12.4. The predicted octanol–water partition coefficient (Wildman–Crippen LogP) is 2.24. The Kier molecular flexibility index (Phi) is 3.37. The molecular weight excluding hydrogens is 286 g/mol. The first-order valence-electron chi connectivity index (χ1n) is 7.04. The Labute approximate surface area is 125 Å². The van der Waals surface area contributed by atoms with E-state index in [9.17, 15) is 8.42 Å². The average Bonchev–Trinajstić information content (AvgIpc) is 3.14. The molecule has 1 saturated carbocycles. The van der Waals surface area contributed by atoms with Crippen LogP contribution in [0.2, 0.25) is 0 Å². The number of sulfonamides is 1. The van der Waals surface area contributed by atoms with Gasteiger partial charge in [-0.05, 0) is 45.7 Å². The van der Waals surface area contributed by atoms with Crippen molar-refractivity contribution in [2.75, 3.05) is 0 Å². The van der Waals surface area contributed by atoms with E-state index in [0.717, 1.165) is 24.1 Å². The Bertz CT molecular complexity index is 772. The molecular formula is C15H19N3O2S. The summed E-state index contributed by atoms with van der Waals surface area (Å²) in [5, 5.41) is 4.40. The first kappa shape index (κ1) is 14.3. The van der Waals surface area contributed by atoms with Gasteiger partial charge in [-0.3, -0.25) is 0 Å². The monoisotopic (exact) mass is 305 g/mol. The summed E-state index contributed by atoms with van der Waals surface area (Å²) in [7, 11) is -3.49. The minimum atomic E-state index is -3.49. The van der Waals surface area contributed by atoms with Crippen molar-refractivity contribution in [3.8, 4) is 5.69 Å². The predicted molar refractivity (Wildman–Crippen MR) is 81.1 cm³/mol. The maximum Gasteiger partial charge on any atom is 0.244 e. The van der Waals surface area contributed by atoms with E-state index in [1.54, 1.807) is 18.5 Å². The Morgan fingerprint density at radius 3 is 2.33 bits per heavy atom. The molecule has 1 fully saturated rings. The third-order valence-electron chi connectivity index (χ3n) is 3.67. The molecule has 1 N–H and O–H groups in total. The first-order valence-corrected chi connectivity index (χ1v) is 8.52. The van der Waals surface area contributed by atoms with Gasteiger partial charge in [0.05, 0.1) is 17.1 Å². The molecule has 5 nitrogen and oxygen atoms in total. The van der Waals surface area contributed by atoms with Crippen molar-refractivity contribution in [2.45, 2.75) is 44.6 Å². The molecule has 2 aromatic rings. The molecule has 0 radical (unpaired) electrons. The fourth-order valence-corrected chi connectivity index (χ4v) is 4.13. The summed E-state index contributed by atoms with van der Waals surface area (Å²) in [5.74, 6) is 0. The number of hydrogen-bond donors (Lipinski definition) is 1. The molecule has 0 unspecified atom stereocenters. The van der Waals surface area contributed by atoms with Gasteiger partial charge in [0.1, 0.15) is 4.90 Å². The molecule has 3 rings (SSSR count). The number of aryl methyl sites for hydroxylation is 2. The molecule has 0 atom stereocenters. The number of aromatic nitrogens is 2. The summed E-state index contributed by atoms with van der Waals surface area (Å²) in [6, 6.07) is 7.96. The van der Waals surface area contributed by atoms with Crippen LogP contribution in [0.1, 0.15) is 29.8 Å². The summed E-state index contributed by atoms with van der Waals surface area (Å²) < 4.78 is 29.3. The quantitative estimate of drug-likeness (QED) is 0.942. The molecule has 1 aromatic carbocycles. The van der Waals surface area contributed by atoms with Gasteiger partial charge in [-0.1, -0.05) is 17.7 Å². The van der Waals surface area contributed by atoms with Crippen molar-refractivity contribution in [3.63, 3.8) is 0 Å². The van der Waals surface area contributed by atoms with Crippen LogP contribution in [0.15, 0.2) is 29.2 Å². The van der Waals surface area contributed by atoms with Gasteiger partial charge in [0, 0.05) is 6.04 Å². The zero-order valence-corrected chi connectivity index (χ0v) is 13.2. The van der Waals surface area contributed by atoms with E-state index < -0.39 is 10.0 Å². The summed E-state index contributed by atoms with van der Waals surface area (Å²) >= 11 is 0. The van der Waals surface area contributed by atoms with Gasteiger partial charge in [-0.25, -0.2) is 17.8 Å². The molecule has 1 aliphatic rings. The number of nitrogens with one attached hydrogen (secondary N) is 1. The Balaban J connectivity index is 2.05. The second-order valence-electron chi connectivity index (χ2n) is 5.64. The number of hydrogen-bond acceptors (Lipinski definition) is 3. The van der Waals surface area contributed by atoms with Crippen molar-refractivity contribution >= 4 is 10.0 Å². The fourth-order valence-electron chi connectivity index (χ4n) is 2.43. The van der Waals surface area contributed by atoms with E-state index in [1.807, 2.05) is 31.2 Å². The summed E-state index contributed by atoms with van der Waals surface area (Å²) in [6.45, 7) is 5.54. The zero-order chi connectivity index (χ0) is 15.2. The highest BCUT2D eigenvalue weighted by Crippen LogP contribution is 2.26. The Morgan fingerprint density at radius 2 is 1.76 bits per heavy atom. The lowest BCUT2D eigenvalue weighted by Gasteiger charge is -2.07. The van der Waals surface area contributed by atoms with E-state index >= 15 is 0 Å². The van der Waals surface area contributed by atoms with Crippen LogP contribution < -0.4 is 4.72 Å². The molecule has 112 valence electrons. The van der Waals surface area contributed by atoms with E-state index in [0.29, 0.717) is 16.3 Å². The molecule has 1 aromatic heterocycles. The lowest BCUT2D eigenvalue weighted by Crippen LogP contribution is -2.26. The summed E-state index contributed by atoms with van der Waals surface area (Å²) in [6.07, 6.45) is 1.84. The van der Waals surface area contributed by atoms with Crippen LogP contribution in [0, 0.1) is 20.8 Å². The number of nitrogens with zero attached hydrogens (tertiary/aromatic N) is 2. The highest BCUT2D eigenvalue weighted by molar-refractivity contribution is 7.89. The van der Waals surface area contributed by atoms with Crippen LogP contribution in [0.4, 0.5) is 0 Å². The van der Waals surface area contributed by atoms with Crippen LogP contribution in [-0.4, -0.2) is 24.2 Å². The van der Waals surface area contributed by atoms with Crippen LogP contribution in [0.25, 0.3) is 5.69 Å². The molecule has 0 amide bonds. The second kappa shape index (κ2) is 4.96. The van der Waals surface area contributed by atoms with Gasteiger partial charge in [0.25, 0.3) is 0 Å². The van der Waals surface area contributed by atoms with Gasteiger partial charge in [0.2, 0.25) is 10.0 Å². The average molecular weight is 305 g/mol. The van der Waals surface area contributed by atoms with E-state index in [-0.39, 0.29) is 6.04 Å². The standard InChI is InChI=1S/C15H19N3O2S/c1-10-4-8-14(9-5-10)18-12(3)15(11(2)16-18)21(19,20)17-13-6-7-13/h4-5,8-9,13,17H,6-7H2,1-3H3. The maximum absolute atomic E-state index is 12.5. The van der Waals surface area contributed by atoms with Crippen molar-refractivity contribution in [1.82, 2.24) is 14.5 Å². The van der Waals surface area contributed by atoms with Crippen molar-refractivity contribution in [3.05, 3.63) is 41.2 Å². The molecule has 0 spiro atoms. The van der Waals surface area contributed by atoms with Gasteiger partial charge >= 0.3 is 0 Å². The minimum Gasteiger partial charge on any atom is -0.236 e. The van der Waals surface area contributed by atoms with Gasteiger partial charge < -0.3 is 0 Å². The van der Waals surface area contributed by atoms with Crippen LogP contribution in [0.5, 0.6) is 0 Å². The third-order valence-corrected chi connectivity index (χ3v) is 5.44. The lowest BCUT2D eigenvalue weighted by atomic mass is 10.2. The second-order valence-corrected chi connectivity index (χ2v) is 7.29. The smallest absolute Gasteiger partial charge is 0.236 e. The molecule has 6 heteroatoms. The van der Waals surface area contributed by atoms with E-state index in [1.165, 1.54) is 0 Å². The topological polar surface area (TPSA) is 64.0 Å². The minimum absolute atomic E-state index is 0.0940. The summed E-state index contributed by atoms with van der Waals surface area (Å²) in [4.78, 5) is 0.301. The van der Waals surface area contributed by atoms with Crippen molar-refractivity contribution in [2.24, 2.45) is 0 Å². The molecule has 0 aliphatic heterocycles. The maximum atomic E-state index is 12.5. The highest BCUT2D eigenvalue weighted by Gasteiger charge is 2.31. The molecule has 21 heavy (non-hydrogen) atoms. The van der Waals surface area contributed by atoms with Crippen LogP contribution >= 0.6 is 0 Å². The van der Waals surface area contributed by atoms with E-state index in [4.69, 9.17) is 0 Å². The molecule has 1 aliphatic carbocycles. The highest BCUT2D eigenvalue weighted by atomic mass is 32.2. The van der Waals surface area contributed by atoms with Gasteiger partial charge in [0.15, 0.2) is 0 Å². The van der Waals surface area contributed by atoms with Crippen molar-refractivity contribution in [1.29, 1.82) is 0 Å². The van der Waals surface area contributed by atoms with E-state index in [2.05, 4.69) is 9.82 Å². The largest absolute Gasteiger partial charge is 0.244 e. The molecule has 1 heterocycles. The lowest BCUT2D eigenvalue weighted by molar-refractivity contribution is 0.579. The Morgan fingerprint density at radius 1 is 1.14 bits per heavy atom. The van der Waals surface area contributed by atoms with Crippen molar-refractivity contribution < 1.29 is 8.42 Å². The summed E-state index contributed by atoms with van der Waals surface area (Å²) in [5.41, 5.74) is 3.20. The molecule has 0 bridgehead atoms.